The van der Waals surface area contributed by atoms with Gasteiger partial charge in [-0.1, -0.05) is 38.0 Å². The molecule has 0 aromatic carbocycles. The summed E-state index contributed by atoms with van der Waals surface area (Å²) in [6.45, 7) is 9.20. The van der Waals surface area contributed by atoms with Crippen molar-refractivity contribution < 1.29 is 53.9 Å². The smallest absolute Gasteiger partial charge is 0.330 e. The first-order chi connectivity index (χ1) is 11.7. The van der Waals surface area contributed by atoms with Gasteiger partial charge in [0.2, 0.25) is 0 Å². The minimum Gasteiger partial charge on any atom is -1.00 e. The molecule has 3 aliphatic rings. The summed E-state index contributed by atoms with van der Waals surface area (Å²) in [6.07, 6.45) is 13.6. The van der Waals surface area contributed by atoms with Crippen LogP contribution in [0.2, 0.25) is 0 Å². The zero-order chi connectivity index (χ0) is 19.0. The molecule has 0 saturated heterocycles. The topological polar surface area (TPSA) is 74.6 Å². The number of carboxylic acid groups (broad SMARTS) is 2. The first-order valence-corrected chi connectivity index (χ1v) is 8.78. The van der Waals surface area contributed by atoms with E-state index in [4.69, 9.17) is 10.2 Å². The molecule has 150 valence electrons. The molecular formula is C21H29ClO4Ti-2. The number of halogens is 1. The van der Waals surface area contributed by atoms with E-state index >= 15 is 0 Å². The molecule has 0 bridgehead atoms. The summed E-state index contributed by atoms with van der Waals surface area (Å²) < 4.78 is 0. The van der Waals surface area contributed by atoms with Crippen molar-refractivity contribution in [1.82, 2.24) is 0 Å². The minimum absolute atomic E-state index is 0. The van der Waals surface area contributed by atoms with Crippen molar-refractivity contribution in [2.24, 2.45) is 0 Å². The number of carboxylic acids is 2. The van der Waals surface area contributed by atoms with E-state index in [0.29, 0.717) is 0 Å². The van der Waals surface area contributed by atoms with Gasteiger partial charge in [0, 0.05) is 32.9 Å². The molecule has 6 heteroatoms. The Balaban J connectivity index is 0. The van der Waals surface area contributed by atoms with Crippen molar-refractivity contribution in [2.45, 2.75) is 65.2 Å². The van der Waals surface area contributed by atoms with Crippen LogP contribution in [0, 0.1) is 6.42 Å². The molecule has 0 saturated carbocycles. The van der Waals surface area contributed by atoms with Gasteiger partial charge in [-0.3, -0.25) is 0 Å². The van der Waals surface area contributed by atoms with Gasteiger partial charge in [0.25, 0.3) is 0 Å². The normalized spacial score (nSPS) is 16.4. The molecule has 0 aromatic heterocycles. The summed E-state index contributed by atoms with van der Waals surface area (Å²) in [5.74, 6) is -1.87. The van der Waals surface area contributed by atoms with Crippen LogP contribution in [0.5, 0.6) is 0 Å². The Labute approximate surface area is 183 Å². The monoisotopic (exact) mass is 428 g/mol. The van der Waals surface area contributed by atoms with Gasteiger partial charge in [0.1, 0.15) is 0 Å². The van der Waals surface area contributed by atoms with Crippen LogP contribution in [-0.2, 0) is 31.3 Å². The molecule has 0 fully saturated rings. The van der Waals surface area contributed by atoms with Crippen LogP contribution in [0.25, 0.3) is 0 Å². The predicted octanol–water partition coefficient (Wildman–Crippen LogP) is 2.24. The Morgan fingerprint density at radius 3 is 1.81 bits per heavy atom. The van der Waals surface area contributed by atoms with E-state index in [1.165, 1.54) is 65.2 Å². The summed E-state index contributed by atoms with van der Waals surface area (Å²) >= 11 is 0. The number of carbonyl (C=O) groups is 2. The largest absolute Gasteiger partial charge is 1.00 e. The molecule has 0 unspecified atom stereocenters. The van der Waals surface area contributed by atoms with E-state index in [1.54, 1.807) is 22.3 Å². The van der Waals surface area contributed by atoms with Gasteiger partial charge in [0.15, 0.2) is 0 Å². The standard InChI is InChI=1S/C13H17.2C4H6O2.ClH.Ti/c1-3-7-12-10(5-1)9-11-6-2-4-8-13(11)12;2*1-3(2)4(5)6;;/h5H,1-4,6-9H2;2*1H2,2H3,(H,5,6);1H;/q-1;;;;/p-1. The first-order valence-electron chi connectivity index (χ1n) is 8.78. The molecule has 0 spiro atoms. The molecule has 2 N–H and O–H groups in total. The van der Waals surface area contributed by atoms with Crippen LogP contribution in [0.1, 0.15) is 65.2 Å². The maximum absolute atomic E-state index is 9.60. The van der Waals surface area contributed by atoms with Gasteiger partial charge in [-0.25, -0.2) is 21.6 Å². The fourth-order valence-corrected chi connectivity index (χ4v) is 3.12. The molecule has 27 heavy (non-hydrogen) atoms. The molecule has 0 radical (unpaired) electrons. The van der Waals surface area contributed by atoms with Gasteiger partial charge in [-0.05, 0) is 39.5 Å². The fourth-order valence-electron chi connectivity index (χ4n) is 3.12. The molecular weight excluding hydrogens is 400 g/mol. The minimum atomic E-state index is -0.935. The molecule has 0 aromatic rings. The Hall–Kier alpha value is -1.23. The SMILES string of the molecule is C=C(C)C(=O)O.C=C(C)C(=O)O.[CH-]1CCCC2=C1CC1=C2CCCC1.[Cl-].[Ti]. The quantitative estimate of drug-likeness (QED) is 0.402. The molecule has 4 nitrogen and oxygen atoms in total. The number of aliphatic carboxylic acids is 2. The van der Waals surface area contributed by atoms with Gasteiger partial charge < -0.3 is 22.6 Å². The second kappa shape index (κ2) is 13.9. The molecule has 0 amide bonds. The third-order valence-corrected chi connectivity index (χ3v) is 4.49. The summed E-state index contributed by atoms with van der Waals surface area (Å²) in [5, 5.41) is 15.8. The van der Waals surface area contributed by atoms with E-state index in [9.17, 15) is 9.59 Å². The van der Waals surface area contributed by atoms with Gasteiger partial charge in [-0.2, -0.15) is 5.57 Å². The van der Waals surface area contributed by atoms with Crippen LogP contribution >= 0.6 is 0 Å². The number of allylic oxidation sites excluding steroid dienone is 4. The second-order valence-electron chi connectivity index (χ2n) is 6.74. The predicted molar refractivity (Wildman–Crippen MR) is 100 cm³/mol. The van der Waals surface area contributed by atoms with Crippen molar-refractivity contribution in [2.75, 3.05) is 0 Å². The van der Waals surface area contributed by atoms with Gasteiger partial charge >= 0.3 is 11.9 Å². The number of rotatable bonds is 2. The Morgan fingerprint density at radius 1 is 0.889 bits per heavy atom. The third-order valence-electron chi connectivity index (χ3n) is 4.49. The molecule has 0 aliphatic heterocycles. The van der Waals surface area contributed by atoms with E-state index < -0.39 is 11.9 Å². The van der Waals surface area contributed by atoms with E-state index in [2.05, 4.69) is 19.6 Å². The summed E-state index contributed by atoms with van der Waals surface area (Å²) in [7, 11) is 0. The van der Waals surface area contributed by atoms with Crippen molar-refractivity contribution in [3.05, 3.63) is 53.0 Å². The zero-order valence-corrected chi connectivity index (χ0v) is 18.6. The van der Waals surface area contributed by atoms with Crippen molar-refractivity contribution >= 4 is 11.9 Å². The van der Waals surface area contributed by atoms with Crippen LogP contribution < -0.4 is 12.4 Å². The average molecular weight is 429 g/mol. The zero-order valence-electron chi connectivity index (χ0n) is 16.2. The third kappa shape index (κ3) is 9.50. The van der Waals surface area contributed by atoms with Crippen LogP contribution in [0.3, 0.4) is 0 Å². The van der Waals surface area contributed by atoms with E-state index in [1.807, 2.05) is 0 Å². The Bertz CT molecular complexity index is 554. The fraction of sp³-hybridized carbons (Fsp3) is 0.476. The molecule has 3 aliphatic carbocycles. The van der Waals surface area contributed by atoms with Crippen molar-refractivity contribution in [1.29, 1.82) is 0 Å². The van der Waals surface area contributed by atoms with Crippen molar-refractivity contribution in [3.63, 3.8) is 0 Å². The second-order valence-corrected chi connectivity index (χ2v) is 6.74. The maximum Gasteiger partial charge on any atom is 0.330 e. The van der Waals surface area contributed by atoms with E-state index in [0.717, 1.165) is 0 Å². The Kier molecular flexibility index (Phi) is 14.4. The van der Waals surface area contributed by atoms with Gasteiger partial charge in [-0.15, -0.1) is 12.0 Å². The van der Waals surface area contributed by atoms with Crippen LogP contribution in [0.4, 0.5) is 0 Å². The molecule has 0 heterocycles. The average Bonchev–Trinajstić information content (AvgIpc) is 2.94. The van der Waals surface area contributed by atoms with E-state index in [-0.39, 0.29) is 45.3 Å². The maximum atomic E-state index is 9.60. The van der Waals surface area contributed by atoms with Gasteiger partial charge in [0.05, 0.1) is 0 Å². The molecule has 3 rings (SSSR count). The number of hydrogen-bond donors (Lipinski definition) is 2. The van der Waals surface area contributed by atoms with Crippen molar-refractivity contribution in [3.8, 4) is 0 Å². The number of fused-ring (bicyclic) bond motifs is 1. The first kappa shape index (κ1) is 28.0. The summed E-state index contributed by atoms with van der Waals surface area (Å²) in [4.78, 5) is 19.2. The Morgan fingerprint density at radius 2 is 1.33 bits per heavy atom. The van der Waals surface area contributed by atoms with Crippen LogP contribution in [0.15, 0.2) is 46.6 Å². The number of hydrogen-bond acceptors (Lipinski definition) is 2. The summed E-state index contributed by atoms with van der Waals surface area (Å²) in [5.41, 5.74) is 7.41. The summed E-state index contributed by atoms with van der Waals surface area (Å²) in [6, 6.07) is 0. The molecule has 0 atom stereocenters. The van der Waals surface area contributed by atoms with Crippen LogP contribution in [-0.4, -0.2) is 22.2 Å².